The summed E-state index contributed by atoms with van der Waals surface area (Å²) in [6, 6.07) is 10.8. The molecule has 0 amide bonds. The number of hydrogen-bond donors (Lipinski definition) is 1. The Morgan fingerprint density at radius 2 is 1.70 bits per heavy atom. The minimum Gasteiger partial charge on any atom is -0.282 e. The highest BCUT2D eigenvalue weighted by atomic mass is 32.2. The second kappa shape index (κ2) is 6.37. The normalized spacial score (nSPS) is 11.9. The highest BCUT2D eigenvalue weighted by molar-refractivity contribution is 7.85. The van der Waals surface area contributed by atoms with E-state index in [4.69, 9.17) is 4.55 Å². The third kappa shape index (κ3) is 3.81. The lowest BCUT2D eigenvalue weighted by molar-refractivity contribution is 0.483. The molecule has 0 radical (unpaired) electrons. The van der Waals surface area contributed by atoms with Gasteiger partial charge in [-0.1, -0.05) is 50.5 Å². The van der Waals surface area contributed by atoms with E-state index in [1.54, 1.807) is 6.07 Å². The summed E-state index contributed by atoms with van der Waals surface area (Å²) in [5, 5.41) is 1.84. The van der Waals surface area contributed by atoms with E-state index in [-0.39, 0.29) is 4.90 Å². The molecule has 2 aromatic rings. The highest BCUT2D eigenvalue weighted by Gasteiger charge is 2.09. The van der Waals surface area contributed by atoms with Gasteiger partial charge in [0, 0.05) is 0 Å². The van der Waals surface area contributed by atoms with Gasteiger partial charge in [-0.15, -0.1) is 0 Å². The smallest absolute Gasteiger partial charge is 0.282 e. The maximum Gasteiger partial charge on any atom is 0.294 e. The summed E-state index contributed by atoms with van der Waals surface area (Å²) in [5.74, 6) is 0. The zero-order valence-corrected chi connectivity index (χ0v) is 12.5. The van der Waals surface area contributed by atoms with E-state index in [9.17, 15) is 8.42 Å². The SMILES string of the molecule is CCCCCCc1ccc2ccc(S(=O)(=O)O)cc2c1. The van der Waals surface area contributed by atoms with E-state index in [1.807, 2.05) is 12.1 Å². The molecule has 20 heavy (non-hydrogen) atoms. The molecule has 108 valence electrons. The average molecular weight is 292 g/mol. The molecule has 0 aliphatic heterocycles. The van der Waals surface area contributed by atoms with Crippen LogP contribution in [0, 0.1) is 0 Å². The molecule has 0 saturated carbocycles. The molecule has 0 heterocycles. The predicted molar refractivity (Wildman–Crippen MR) is 81.6 cm³/mol. The Balaban J connectivity index is 2.23. The second-order valence-electron chi connectivity index (χ2n) is 5.13. The molecule has 0 aliphatic carbocycles. The molecule has 0 atom stereocenters. The van der Waals surface area contributed by atoms with Crippen LogP contribution in [-0.4, -0.2) is 13.0 Å². The Labute approximate surface area is 120 Å². The van der Waals surface area contributed by atoms with Gasteiger partial charge in [0.15, 0.2) is 0 Å². The molecule has 0 aliphatic rings. The molecule has 0 unspecified atom stereocenters. The van der Waals surface area contributed by atoms with Gasteiger partial charge in [0.2, 0.25) is 0 Å². The van der Waals surface area contributed by atoms with Crippen LogP contribution >= 0.6 is 0 Å². The van der Waals surface area contributed by atoms with Crippen LogP contribution in [-0.2, 0) is 16.5 Å². The molecular formula is C16H20O3S. The number of benzene rings is 2. The van der Waals surface area contributed by atoms with Gasteiger partial charge in [-0.05, 0) is 41.3 Å². The molecule has 0 aromatic heterocycles. The molecule has 3 nitrogen and oxygen atoms in total. The van der Waals surface area contributed by atoms with Crippen molar-refractivity contribution in [2.24, 2.45) is 0 Å². The number of hydrogen-bond acceptors (Lipinski definition) is 2. The molecule has 2 aromatic carbocycles. The first kappa shape index (κ1) is 15.0. The Bertz CT molecular complexity index is 690. The van der Waals surface area contributed by atoms with E-state index < -0.39 is 10.1 Å². The van der Waals surface area contributed by atoms with Crippen molar-refractivity contribution in [2.45, 2.75) is 43.9 Å². The summed E-state index contributed by atoms with van der Waals surface area (Å²) in [7, 11) is -4.13. The van der Waals surface area contributed by atoms with Crippen molar-refractivity contribution < 1.29 is 13.0 Å². The third-order valence-electron chi connectivity index (χ3n) is 3.49. The fourth-order valence-corrected chi connectivity index (χ4v) is 2.86. The van der Waals surface area contributed by atoms with Gasteiger partial charge < -0.3 is 0 Å². The summed E-state index contributed by atoms with van der Waals surface area (Å²) in [6.45, 7) is 2.19. The lowest BCUT2D eigenvalue weighted by Crippen LogP contribution is -1.97. The monoisotopic (exact) mass is 292 g/mol. The first-order valence-corrected chi connectivity index (χ1v) is 8.45. The summed E-state index contributed by atoms with van der Waals surface area (Å²) >= 11 is 0. The maximum atomic E-state index is 11.2. The molecule has 4 heteroatoms. The summed E-state index contributed by atoms with van der Waals surface area (Å²) in [4.78, 5) is -0.0480. The molecule has 1 N–H and O–H groups in total. The zero-order chi connectivity index (χ0) is 14.6. The van der Waals surface area contributed by atoms with Crippen molar-refractivity contribution in [3.63, 3.8) is 0 Å². The van der Waals surface area contributed by atoms with Crippen LogP contribution in [0.15, 0.2) is 41.3 Å². The fourth-order valence-electron chi connectivity index (χ4n) is 2.35. The van der Waals surface area contributed by atoms with Crippen LogP contribution in [0.1, 0.15) is 38.2 Å². The van der Waals surface area contributed by atoms with Gasteiger partial charge in [0.05, 0.1) is 4.90 Å². The summed E-state index contributed by atoms with van der Waals surface area (Å²) in [6.07, 6.45) is 5.85. The highest BCUT2D eigenvalue weighted by Crippen LogP contribution is 2.21. The molecule has 0 bridgehead atoms. The maximum absolute atomic E-state index is 11.2. The lowest BCUT2D eigenvalue weighted by Gasteiger charge is -2.05. The standard InChI is InChI=1S/C16H20O3S/c1-2-3-4-5-6-13-7-8-14-9-10-16(20(17,18)19)12-15(14)11-13/h7-12H,2-6H2,1H3,(H,17,18,19). The third-order valence-corrected chi connectivity index (χ3v) is 4.34. The van der Waals surface area contributed by atoms with Crippen molar-refractivity contribution in [2.75, 3.05) is 0 Å². The van der Waals surface area contributed by atoms with E-state index in [1.165, 1.54) is 37.0 Å². The van der Waals surface area contributed by atoms with Crippen molar-refractivity contribution in [1.29, 1.82) is 0 Å². The van der Waals surface area contributed by atoms with Crippen LogP contribution in [0.5, 0.6) is 0 Å². The van der Waals surface area contributed by atoms with E-state index >= 15 is 0 Å². The first-order valence-electron chi connectivity index (χ1n) is 7.01. The Morgan fingerprint density at radius 3 is 2.40 bits per heavy atom. The summed E-state index contributed by atoms with van der Waals surface area (Å²) in [5.41, 5.74) is 1.21. The first-order chi connectivity index (χ1) is 9.50. The molecule has 0 saturated heterocycles. The van der Waals surface area contributed by atoms with Gasteiger partial charge in [0.1, 0.15) is 0 Å². The van der Waals surface area contributed by atoms with Crippen LogP contribution in [0.3, 0.4) is 0 Å². The van der Waals surface area contributed by atoms with Gasteiger partial charge >= 0.3 is 0 Å². The van der Waals surface area contributed by atoms with Crippen LogP contribution in [0.25, 0.3) is 10.8 Å². The van der Waals surface area contributed by atoms with Gasteiger partial charge in [-0.2, -0.15) is 8.42 Å². The summed E-state index contributed by atoms with van der Waals surface area (Å²) < 4.78 is 31.4. The average Bonchev–Trinajstić information content (AvgIpc) is 2.42. The van der Waals surface area contributed by atoms with Crippen molar-refractivity contribution in [1.82, 2.24) is 0 Å². The van der Waals surface area contributed by atoms with E-state index in [0.717, 1.165) is 23.6 Å². The van der Waals surface area contributed by atoms with E-state index in [2.05, 4.69) is 13.0 Å². The van der Waals surface area contributed by atoms with Crippen molar-refractivity contribution in [3.05, 3.63) is 42.0 Å². The van der Waals surface area contributed by atoms with Gasteiger partial charge in [-0.25, -0.2) is 0 Å². The Hall–Kier alpha value is -1.39. The Morgan fingerprint density at radius 1 is 0.950 bits per heavy atom. The van der Waals surface area contributed by atoms with Gasteiger partial charge in [0.25, 0.3) is 10.1 Å². The molecule has 0 spiro atoms. The molecular weight excluding hydrogens is 272 g/mol. The number of unbranched alkanes of at least 4 members (excludes halogenated alkanes) is 3. The van der Waals surface area contributed by atoms with Gasteiger partial charge in [-0.3, -0.25) is 4.55 Å². The zero-order valence-electron chi connectivity index (χ0n) is 11.7. The fraction of sp³-hybridized carbons (Fsp3) is 0.375. The molecule has 0 fully saturated rings. The topological polar surface area (TPSA) is 54.4 Å². The number of fused-ring (bicyclic) bond motifs is 1. The van der Waals surface area contributed by atoms with Crippen molar-refractivity contribution in [3.8, 4) is 0 Å². The van der Waals surface area contributed by atoms with Crippen LogP contribution in [0.4, 0.5) is 0 Å². The van der Waals surface area contributed by atoms with Crippen molar-refractivity contribution >= 4 is 20.9 Å². The Kier molecular flexibility index (Phi) is 4.78. The second-order valence-corrected chi connectivity index (χ2v) is 6.55. The van der Waals surface area contributed by atoms with Crippen LogP contribution < -0.4 is 0 Å². The largest absolute Gasteiger partial charge is 0.294 e. The van der Waals surface area contributed by atoms with Crippen LogP contribution in [0.2, 0.25) is 0 Å². The quantitative estimate of drug-likeness (QED) is 0.641. The number of aryl methyl sites for hydroxylation is 1. The number of rotatable bonds is 6. The minimum absolute atomic E-state index is 0.0480. The minimum atomic E-state index is -4.13. The molecule has 2 rings (SSSR count). The predicted octanol–water partition coefficient (Wildman–Crippen LogP) is 4.21. The lowest BCUT2D eigenvalue weighted by atomic mass is 10.0. The van der Waals surface area contributed by atoms with E-state index in [0.29, 0.717) is 0 Å².